The minimum Gasteiger partial charge on any atom is -0.870 e. The first kappa shape index (κ1) is 24.6. The molecule has 0 amide bonds. The van der Waals surface area contributed by atoms with E-state index in [4.69, 9.17) is 25.5 Å². The van der Waals surface area contributed by atoms with Gasteiger partial charge in [-0.1, -0.05) is 0 Å². The number of carbonyl (C=O) groups excluding carboxylic acids is 1. The van der Waals surface area contributed by atoms with Gasteiger partial charge >= 0.3 is 29.6 Å². The molecule has 4 atom stereocenters. The molecule has 0 heterocycles. The van der Waals surface area contributed by atoms with E-state index in [9.17, 15) is 4.79 Å². The van der Waals surface area contributed by atoms with E-state index in [-0.39, 0.29) is 46.8 Å². The second-order valence-electron chi connectivity index (χ2n) is 2.36. The molecule has 0 aliphatic rings. The molecule has 0 aromatic heterocycles. The summed E-state index contributed by atoms with van der Waals surface area (Å²) in [5, 5.41) is 43.5. The molecule has 0 rings (SSSR count). The van der Waals surface area contributed by atoms with Crippen LogP contribution >= 0.6 is 0 Å². The van der Waals surface area contributed by atoms with E-state index in [0.29, 0.717) is 0 Å². The summed E-state index contributed by atoms with van der Waals surface area (Å²) in [5.74, 6) is 0. The zero-order valence-corrected chi connectivity index (χ0v) is 10.2. The number of carbonyl (C=O) groups is 1. The molecule has 0 spiro atoms. The van der Waals surface area contributed by atoms with Crippen LogP contribution in [0.5, 0.6) is 0 Å². The van der Waals surface area contributed by atoms with Crippen molar-refractivity contribution in [1.82, 2.24) is 0 Å². The number of aldehydes is 1. The first-order valence-electron chi connectivity index (χ1n) is 3.33. The van der Waals surface area contributed by atoms with E-state index in [2.05, 4.69) is 0 Å². The van der Waals surface area contributed by atoms with Crippen LogP contribution in [0.15, 0.2) is 0 Å². The van der Waals surface area contributed by atoms with Gasteiger partial charge in [-0.15, -0.1) is 0 Å². The zero-order chi connectivity index (χ0) is 9.72. The molecule has 0 unspecified atom stereocenters. The van der Waals surface area contributed by atoms with Crippen molar-refractivity contribution in [2.45, 2.75) is 24.4 Å². The summed E-state index contributed by atoms with van der Waals surface area (Å²) in [6.45, 7) is -0.760. The fourth-order valence-electron chi connectivity index (χ4n) is 0.618. The zero-order valence-electron chi connectivity index (χ0n) is 8.19. The van der Waals surface area contributed by atoms with E-state index in [1.54, 1.807) is 0 Å². The Bertz CT molecular complexity index is 145. The normalized spacial score (nSPS) is 16.9. The van der Waals surface area contributed by atoms with Crippen LogP contribution in [-0.2, 0) is 4.79 Å². The van der Waals surface area contributed by atoms with Crippen molar-refractivity contribution >= 4 is 6.29 Å². The van der Waals surface area contributed by atoms with Gasteiger partial charge in [-0.3, -0.25) is 0 Å². The summed E-state index contributed by atoms with van der Waals surface area (Å²) in [4.78, 5) is 9.90. The molecule has 0 aromatic carbocycles. The van der Waals surface area contributed by atoms with Gasteiger partial charge in [0.25, 0.3) is 0 Å². The second kappa shape index (κ2) is 12.5. The summed E-state index contributed by atoms with van der Waals surface area (Å²) in [7, 11) is 0. The summed E-state index contributed by atoms with van der Waals surface area (Å²) < 4.78 is 0. The van der Waals surface area contributed by atoms with Crippen molar-refractivity contribution in [1.29, 1.82) is 0 Å². The third kappa shape index (κ3) is 8.22. The third-order valence-corrected chi connectivity index (χ3v) is 1.42. The van der Waals surface area contributed by atoms with Gasteiger partial charge in [-0.2, -0.15) is 0 Å². The Labute approximate surface area is 108 Å². The Kier molecular flexibility index (Phi) is 20.4. The molecule has 15 heavy (non-hydrogen) atoms. The Morgan fingerprint density at radius 1 is 1.07 bits per heavy atom. The number of rotatable bonds is 5. The van der Waals surface area contributed by atoms with E-state index in [0.717, 1.165) is 0 Å². The summed E-state index contributed by atoms with van der Waals surface area (Å²) in [6.07, 6.45) is -6.84. The van der Waals surface area contributed by atoms with Gasteiger partial charge in [0.15, 0.2) is 6.29 Å². The van der Waals surface area contributed by atoms with Crippen LogP contribution in [0.3, 0.4) is 0 Å². The van der Waals surface area contributed by atoms with Crippen molar-refractivity contribution in [3.8, 4) is 0 Å². The van der Waals surface area contributed by atoms with Gasteiger partial charge in [-0.25, -0.2) is 0 Å². The minimum absolute atomic E-state index is 0. The molecule has 9 heteroatoms. The van der Waals surface area contributed by atoms with Crippen molar-refractivity contribution in [2.24, 2.45) is 0 Å². The number of hydrogen-bond acceptors (Lipinski definition) is 7. The van der Waals surface area contributed by atoms with Crippen molar-refractivity contribution in [3.05, 3.63) is 0 Å². The predicted molar refractivity (Wildman–Crippen MR) is 42.7 cm³/mol. The summed E-state index contributed by atoms with van der Waals surface area (Å²) in [5.41, 5.74) is 0. The third-order valence-electron chi connectivity index (χ3n) is 1.42. The molecule has 0 aliphatic heterocycles. The van der Waals surface area contributed by atoms with E-state index < -0.39 is 31.0 Å². The van der Waals surface area contributed by atoms with Crippen LogP contribution in [0.2, 0.25) is 0 Å². The summed E-state index contributed by atoms with van der Waals surface area (Å²) >= 11 is 0. The number of aliphatic hydroxyl groups excluding tert-OH is 5. The Hall–Kier alpha value is 0.390. The molecular weight excluding hydrogens is 223 g/mol. The molecule has 0 saturated heterocycles. The standard InChI is InChI=1S/C6H12O6.Na.2H2O/c7-1-3(9)5(11)6(12)4(10)2-8;;;/h1,3-6,8-12H,2H2;;2*1H2/q;+1;;/p-1/t3-,4+,5+,6+;;;/m0.../s1. The molecule has 8 nitrogen and oxygen atoms in total. The van der Waals surface area contributed by atoms with Crippen molar-refractivity contribution in [2.75, 3.05) is 6.61 Å². The fraction of sp³-hybridized carbons (Fsp3) is 0.833. The van der Waals surface area contributed by atoms with Crippen LogP contribution in [0.4, 0.5) is 0 Å². The van der Waals surface area contributed by atoms with Gasteiger partial charge in [0.1, 0.15) is 24.4 Å². The van der Waals surface area contributed by atoms with Crippen LogP contribution in [0, 0.1) is 0 Å². The molecule has 0 aliphatic carbocycles. The maximum absolute atomic E-state index is 9.90. The molecule has 0 bridgehead atoms. The van der Waals surface area contributed by atoms with Gasteiger partial charge in [-0.05, 0) is 0 Å². The smallest absolute Gasteiger partial charge is 0.870 e. The predicted octanol–water partition coefficient (Wildman–Crippen LogP) is -7.38. The Balaban J connectivity index is -0.000000202. The number of hydrogen-bond donors (Lipinski definition) is 5. The van der Waals surface area contributed by atoms with E-state index in [1.807, 2.05) is 0 Å². The number of aliphatic hydroxyl groups is 5. The maximum Gasteiger partial charge on any atom is 1.00 e. The SMILES string of the molecule is O.O=C[C@H](O)[C@@H](O)[C@H](O)[C@H](O)CO.[Na+].[OH-]. The quantitative estimate of drug-likeness (QED) is 0.233. The van der Waals surface area contributed by atoms with Gasteiger partial charge in [0.2, 0.25) is 0 Å². The van der Waals surface area contributed by atoms with E-state index >= 15 is 0 Å². The monoisotopic (exact) mass is 238 g/mol. The molecule has 8 N–H and O–H groups in total. The fourth-order valence-corrected chi connectivity index (χ4v) is 0.618. The average molecular weight is 238 g/mol. The molecule has 0 radical (unpaired) electrons. The molecule has 0 fully saturated rings. The molecule has 88 valence electrons. The first-order valence-corrected chi connectivity index (χ1v) is 3.33. The van der Waals surface area contributed by atoms with Crippen LogP contribution in [0.25, 0.3) is 0 Å². The van der Waals surface area contributed by atoms with Crippen LogP contribution in [-0.4, -0.2) is 73.8 Å². The van der Waals surface area contributed by atoms with E-state index in [1.165, 1.54) is 0 Å². The molecule has 0 aromatic rings. The average Bonchev–Trinajstić information content (AvgIpc) is 2.12. The molecule has 0 saturated carbocycles. The van der Waals surface area contributed by atoms with Gasteiger partial charge < -0.3 is 41.3 Å². The van der Waals surface area contributed by atoms with Gasteiger partial charge in [0, 0.05) is 0 Å². The molecular formula is C6H15NaO8. The topological polar surface area (TPSA) is 180 Å². The largest absolute Gasteiger partial charge is 1.00 e. The second-order valence-corrected chi connectivity index (χ2v) is 2.36. The van der Waals surface area contributed by atoms with Crippen LogP contribution < -0.4 is 29.6 Å². The van der Waals surface area contributed by atoms with Crippen molar-refractivity contribution in [3.63, 3.8) is 0 Å². The Morgan fingerprint density at radius 3 is 1.73 bits per heavy atom. The first-order chi connectivity index (χ1) is 5.54. The minimum atomic E-state index is -1.79. The summed E-state index contributed by atoms with van der Waals surface area (Å²) in [6, 6.07) is 0. The van der Waals surface area contributed by atoms with Crippen molar-refractivity contribution < 1.29 is 70.8 Å². The van der Waals surface area contributed by atoms with Gasteiger partial charge in [0.05, 0.1) is 6.61 Å². The maximum atomic E-state index is 9.90. The van der Waals surface area contributed by atoms with Crippen LogP contribution in [0.1, 0.15) is 0 Å². The Morgan fingerprint density at radius 2 is 1.47 bits per heavy atom.